The SMILES string of the molecule is Fc1ccccc1CN1CCN(Cc2ccco2)CC1.O=C(O)C(=O)O. The van der Waals surface area contributed by atoms with Crippen molar-refractivity contribution in [3.63, 3.8) is 0 Å². The second-order valence-corrected chi connectivity index (χ2v) is 5.83. The highest BCUT2D eigenvalue weighted by Gasteiger charge is 2.18. The number of hydrogen-bond acceptors (Lipinski definition) is 5. The zero-order valence-corrected chi connectivity index (χ0v) is 14.2. The lowest BCUT2D eigenvalue weighted by Crippen LogP contribution is -2.45. The lowest BCUT2D eigenvalue weighted by atomic mass is 10.2. The molecule has 0 saturated carbocycles. The fourth-order valence-corrected chi connectivity index (χ4v) is 2.60. The van der Waals surface area contributed by atoms with Gasteiger partial charge in [-0.15, -0.1) is 0 Å². The van der Waals surface area contributed by atoms with Gasteiger partial charge in [0.05, 0.1) is 12.8 Å². The molecule has 0 atom stereocenters. The van der Waals surface area contributed by atoms with Gasteiger partial charge in [0.15, 0.2) is 0 Å². The molecule has 2 heterocycles. The second-order valence-electron chi connectivity index (χ2n) is 5.83. The normalized spacial score (nSPS) is 15.1. The molecular formula is C18H21FN2O5. The summed E-state index contributed by atoms with van der Waals surface area (Å²) in [5, 5.41) is 14.8. The Hall–Kier alpha value is -2.71. The monoisotopic (exact) mass is 364 g/mol. The van der Waals surface area contributed by atoms with Gasteiger partial charge >= 0.3 is 11.9 Å². The molecule has 0 spiro atoms. The third kappa shape index (κ3) is 6.30. The summed E-state index contributed by atoms with van der Waals surface area (Å²) in [6.07, 6.45) is 1.71. The number of aliphatic carboxylic acids is 2. The molecular weight excluding hydrogens is 343 g/mol. The van der Waals surface area contributed by atoms with Gasteiger partial charge in [0, 0.05) is 38.3 Å². The number of benzene rings is 1. The lowest BCUT2D eigenvalue weighted by molar-refractivity contribution is -0.159. The average molecular weight is 364 g/mol. The van der Waals surface area contributed by atoms with E-state index in [9.17, 15) is 4.39 Å². The number of furan rings is 1. The van der Waals surface area contributed by atoms with Crippen LogP contribution in [0.3, 0.4) is 0 Å². The molecule has 1 saturated heterocycles. The Morgan fingerprint density at radius 3 is 2.00 bits per heavy atom. The van der Waals surface area contributed by atoms with Crippen molar-refractivity contribution in [3.8, 4) is 0 Å². The van der Waals surface area contributed by atoms with Crippen LogP contribution < -0.4 is 0 Å². The molecule has 2 aromatic rings. The van der Waals surface area contributed by atoms with E-state index < -0.39 is 11.9 Å². The molecule has 0 amide bonds. The first-order chi connectivity index (χ1) is 12.5. The van der Waals surface area contributed by atoms with Crippen LogP contribution in [-0.4, -0.2) is 58.1 Å². The molecule has 1 aliphatic heterocycles. The first kappa shape index (κ1) is 19.6. The summed E-state index contributed by atoms with van der Waals surface area (Å²) in [7, 11) is 0. The van der Waals surface area contributed by atoms with Crippen LogP contribution in [0.25, 0.3) is 0 Å². The number of carboxylic acid groups (broad SMARTS) is 2. The van der Waals surface area contributed by atoms with Crippen LogP contribution in [0.2, 0.25) is 0 Å². The van der Waals surface area contributed by atoms with E-state index in [0.29, 0.717) is 6.54 Å². The highest BCUT2D eigenvalue weighted by Crippen LogP contribution is 2.13. The van der Waals surface area contributed by atoms with E-state index in [1.807, 2.05) is 24.3 Å². The summed E-state index contributed by atoms with van der Waals surface area (Å²) in [5.74, 6) is -2.75. The molecule has 1 aromatic heterocycles. The standard InChI is InChI=1S/C16H19FN2O.C2H2O4/c17-16-6-2-1-4-14(16)12-18-7-9-19(10-8-18)13-15-5-3-11-20-15;3-1(4)2(5)6/h1-6,11H,7-10,12-13H2;(H,3,4)(H,5,6). The fraction of sp³-hybridized carbons (Fsp3) is 0.333. The number of halogens is 1. The highest BCUT2D eigenvalue weighted by atomic mass is 19.1. The Kier molecular flexibility index (Phi) is 7.31. The molecule has 2 N–H and O–H groups in total. The Morgan fingerprint density at radius 2 is 1.50 bits per heavy atom. The van der Waals surface area contributed by atoms with Gasteiger partial charge in [0.2, 0.25) is 0 Å². The molecule has 0 bridgehead atoms. The zero-order valence-electron chi connectivity index (χ0n) is 14.2. The van der Waals surface area contributed by atoms with Crippen molar-refractivity contribution in [1.82, 2.24) is 9.80 Å². The molecule has 140 valence electrons. The Labute approximate surface area is 150 Å². The van der Waals surface area contributed by atoms with E-state index >= 15 is 0 Å². The van der Waals surface area contributed by atoms with E-state index in [1.165, 1.54) is 6.07 Å². The van der Waals surface area contributed by atoms with Crippen molar-refractivity contribution in [2.45, 2.75) is 13.1 Å². The van der Waals surface area contributed by atoms with Crippen molar-refractivity contribution in [2.75, 3.05) is 26.2 Å². The van der Waals surface area contributed by atoms with Crippen molar-refractivity contribution in [2.24, 2.45) is 0 Å². The summed E-state index contributed by atoms with van der Waals surface area (Å²) in [5.41, 5.74) is 0.784. The molecule has 1 aliphatic rings. The van der Waals surface area contributed by atoms with Crippen molar-refractivity contribution >= 4 is 11.9 Å². The molecule has 8 heteroatoms. The van der Waals surface area contributed by atoms with E-state index in [1.54, 1.807) is 12.3 Å². The minimum atomic E-state index is -1.82. The first-order valence-electron chi connectivity index (χ1n) is 8.12. The zero-order chi connectivity index (χ0) is 18.9. The predicted octanol–water partition coefficient (Wildman–Crippen LogP) is 1.89. The highest BCUT2D eigenvalue weighted by molar-refractivity contribution is 6.27. The third-order valence-corrected chi connectivity index (χ3v) is 3.96. The van der Waals surface area contributed by atoms with Gasteiger partial charge in [-0.1, -0.05) is 18.2 Å². The van der Waals surface area contributed by atoms with E-state index in [4.69, 9.17) is 24.2 Å². The van der Waals surface area contributed by atoms with Gasteiger partial charge in [-0.05, 0) is 18.2 Å². The maximum atomic E-state index is 13.6. The van der Waals surface area contributed by atoms with Crippen LogP contribution in [0.4, 0.5) is 4.39 Å². The number of carbonyl (C=O) groups is 2. The molecule has 0 radical (unpaired) electrons. The van der Waals surface area contributed by atoms with Crippen LogP contribution >= 0.6 is 0 Å². The number of carboxylic acids is 2. The van der Waals surface area contributed by atoms with E-state index in [0.717, 1.165) is 44.0 Å². The molecule has 3 rings (SSSR count). The number of piperazine rings is 1. The molecule has 1 aromatic carbocycles. The van der Waals surface area contributed by atoms with Crippen LogP contribution in [0.5, 0.6) is 0 Å². The topological polar surface area (TPSA) is 94.2 Å². The minimum absolute atomic E-state index is 0.106. The first-order valence-corrected chi connectivity index (χ1v) is 8.12. The number of hydrogen-bond donors (Lipinski definition) is 2. The summed E-state index contributed by atoms with van der Waals surface area (Å²) in [6.45, 7) is 5.48. The lowest BCUT2D eigenvalue weighted by Gasteiger charge is -2.34. The minimum Gasteiger partial charge on any atom is -0.473 e. The van der Waals surface area contributed by atoms with Crippen LogP contribution in [0.15, 0.2) is 47.1 Å². The summed E-state index contributed by atoms with van der Waals surface area (Å²) in [6, 6.07) is 11.0. The Morgan fingerprint density at radius 1 is 0.923 bits per heavy atom. The smallest absolute Gasteiger partial charge is 0.414 e. The van der Waals surface area contributed by atoms with Crippen LogP contribution in [-0.2, 0) is 22.7 Å². The van der Waals surface area contributed by atoms with Gasteiger partial charge in [0.1, 0.15) is 11.6 Å². The number of rotatable bonds is 4. The molecule has 1 fully saturated rings. The average Bonchev–Trinajstić information content (AvgIpc) is 3.12. The van der Waals surface area contributed by atoms with Crippen molar-refractivity contribution in [3.05, 3.63) is 59.8 Å². The Balaban J connectivity index is 0.000000352. The Bertz CT molecular complexity index is 700. The molecule has 0 unspecified atom stereocenters. The van der Waals surface area contributed by atoms with Crippen molar-refractivity contribution in [1.29, 1.82) is 0 Å². The van der Waals surface area contributed by atoms with Crippen molar-refractivity contribution < 1.29 is 28.6 Å². The quantitative estimate of drug-likeness (QED) is 0.800. The summed E-state index contributed by atoms with van der Waals surface area (Å²) < 4.78 is 19.0. The second kappa shape index (κ2) is 9.69. The molecule has 26 heavy (non-hydrogen) atoms. The summed E-state index contributed by atoms with van der Waals surface area (Å²) >= 11 is 0. The van der Waals surface area contributed by atoms with Gasteiger partial charge < -0.3 is 14.6 Å². The van der Waals surface area contributed by atoms with E-state index in [2.05, 4.69) is 9.80 Å². The van der Waals surface area contributed by atoms with Gasteiger partial charge in [0.25, 0.3) is 0 Å². The summed E-state index contributed by atoms with van der Waals surface area (Å²) in [4.78, 5) is 22.9. The molecule has 7 nitrogen and oxygen atoms in total. The van der Waals surface area contributed by atoms with Gasteiger partial charge in [-0.3, -0.25) is 9.80 Å². The maximum absolute atomic E-state index is 13.6. The van der Waals surface area contributed by atoms with Crippen LogP contribution in [0, 0.1) is 5.82 Å². The molecule has 0 aliphatic carbocycles. The van der Waals surface area contributed by atoms with Gasteiger partial charge in [-0.25, -0.2) is 14.0 Å². The number of nitrogens with zero attached hydrogens (tertiary/aromatic N) is 2. The van der Waals surface area contributed by atoms with Crippen LogP contribution in [0.1, 0.15) is 11.3 Å². The van der Waals surface area contributed by atoms with Gasteiger partial charge in [-0.2, -0.15) is 0 Å². The largest absolute Gasteiger partial charge is 0.473 e. The maximum Gasteiger partial charge on any atom is 0.414 e. The predicted molar refractivity (Wildman–Crippen MR) is 90.9 cm³/mol. The third-order valence-electron chi connectivity index (χ3n) is 3.96. The van der Waals surface area contributed by atoms with E-state index in [-0.39, 0.29) is 5.82 Å². The fourth-order valence-electron chi connectivity index (χ4n) is 2.60.